The van der Waals surface area contributed by atoms with Crippen LogP contribution in [-0.2, 0) is 0 Å². The molecule has 0 rings (SSSR count). The Labute approximate surface area is 87.5 Å². The van der Waals surface area contributed by atoms with Gasteiger partial charge in [-0.1, -0.05) is 0 Å². The van der Waals surface area contributed by atoms with Gasteiger partial charge in [-0.05, 0) is 20.8 Å². The molecule has 0 aromatic heterocycles. The van der Waals surface area contributed by atoms with Crippen molar-refractivity contribution >= 4 is 14.2 Å². The molecule has 15 heavy (non-hydrogen) atoms. The first kappa shape index (κ1) is 17.5. The molecule has 0 atom stereocenters. The van der Waals surface area contributed by atoms with Crippen molar-refractivity contribution in [3.63, 3.8) is 0 Å². The van der Waals surface area contributed by atoms with Crippen LogP contribution in [0.2, 0.25) is 0 Å². The number of halogens is 6. The van der Waals surface area contributed by atoms with Crippen LogP contribution in [0.1, 0.15) is 20.8 Å². The summed E-state index contributed by atoms with van der Waals surface area (Å²) in [6.45, 7) is 10.5. The van der Waals surface area contributed by atoms with E-state index in [2.05, 4.69) is 27.8 Å². The Hall–Kier alpha value is 0.0984. The zero-order chi connectivity index (χ0) is 13.0. The Kier molecular flexibility index (Phi) is 4.86. The second kappa shape index (κ2) is 4.17. The van der Waals surface area contributed by atoms with Crippen LogP contribution in [0.25, 0.3) is 0 Å². The summed E-state index contributed by atoms with van der Waals surface area (Å²) in [5.74, 6) is 0. The molecule has 0 aromatic rings. The Morgan fingerprint density at radius 3 is 0.867 bits per heavy atom. The van der Waals surface area contributed by atoms with Gasteiger partial charge in [0.15, 0.2) is 0 Å². The quantitative estimate of drug-likeness (QED) is 0.424. The minimum atomic E-state index is -11.1. The summed E-state index contributed by atoms with van der Waals surface area (Å²) in [4.78, 5) is 0. The van der Waals surface area contributed by atoms with E-state index in [0.29, 0.717) is 0 Å². The zero-order valence-electron chi connectivity index (χ0n) is 9.28. The summed E-state index contributed by atoms with van der Waals surface area (Å²) in [5, 5.41) is 0. The first-order valence-corrected chi connectivity index (χ1v) is 8.79. The topological polar surface area (TPSA) is 0 Å². The summed E-state index contributed by atoms with van der Waals surface area (Å²) in [6, 6.07) is 0. The molecule has 1 nitrogen and oxygen atoms in total. The zero-order valence-corrected chi connectivity index (χ0v) is 11.2. The summed E-state index contributed by atoms with van der Waals surface area (Å²) < 4.78 is 60.6. The monoisotopic (exact) mass is 305 g/mol. The molecule has 0 aliphatic heterocycles. The van der Waals surface area contributed by atoms with E-state index in [0.717, 1.165) is 0 Å². The molecule has 98 valence electrons. The molecule has 0 aliphatic carbocycles. The summed E-state index contributed by atoms with van der Waals surface area (Å²) in [6.07, 6.45) is 0. The normalized spacial score (nSPS) is 17.2. The summed E-state index contributed by atoms with van der Waals surface area (Å²) >= 11 is -11.1. The molecule has 0 fully saturated rings. The summed E-state index contributed by atoms with van der Waals surface area (Å²) in [7, 11) is 2.29. The predicted molar refractivity (Wildman–Crippen MR) is 50.2 cm³/mol. The van der Waals surface area contributed by atoms with Gasteiger partial charge in [0.2, 0.25) is 0 Å². The fraction of sp³-hybridized carbons (Fsp3) is 1.00. The Balaban J connectivity index is 0. The standard InChI is InChI=1S/C7H18N.AsF6/c1-5-8(4,6-2)7-3;2-1(3,4,5,6)7/h5-7H2,1-4H3;/q+1;-1. The third-order valence-electron chi connectivity index (χ3n) is 2.29. The van der Waals surface area contributed by atoms with Crippen molar-refractivity contribution in [3.8, 4) is 0 Å². The van der Waals surface area contributed by atoms with Crippen molar-refractivity contribution in [1.82, 2.24) is 0 Å². The molecule has 0 saturated carbocycles. The van der Waals surface area contributed by atoms with Crippen molar-refractivity contribution in [1.29, 1.82) is 0 Å². The van der Waals surface area contributed by atoms with Gasteiger partial charge in [0.25, 0.3) is 0 Å². The van der Waals surface area contributed by atoms with Crippen molar-refractivity contribution in [2.75, 3.05) is 26.7 Å². The molecule has 0 spiro atoms. The van der Waals surface area contributed by atoms with Crippen molar-refractivity contribution in [3.05, 3.63) is 0 Å². The van der Waals surface area contributed by atoms with Crippen molar-refractivity contribution < 1.29 is 25.3 Å². The van der Waals surface area contributed by atoms with Gasteiger partial charge in [0, 0.05) is 0 Å². The van der Waals surface area contributed by atoms with Crippen LogP contribution in [-0.4, -0.2) is 45.3 Å². The Morgan fingerprint density at radius 1 is 0.733 bits per heavy atom. The Bertz CT molecular complexity index is 171. The fourth-order valence-electron chi connectivity index (χ4n) is 0.671. The molecular formula is C7H18AsF6N. The fourth-order valence-corrected chi connectivity index (χ4v) is 0.671. The predicted octanol–water partition coefficient (Wildman–Crippen LogP) is 3.63. The summed E-state index contributed by atoms with van der Waals surface area (Å²) in [5.41, 5.74) is 0. The van der Waals surface area contributed by atoms with Crippen LogP contribution in [0.4, 0.5) is 20.8 Å². The van der Waals surface area contributed by atoms with Crippen LogP contribution in [0.5, 0.6) is 0 Å². The molecular weight excluding hydrogens is 287 g/mol. The minimum absolute atomic E-state index is 1.21. The van der Waals surface area contributed by atoms with E-state index in [1.54, 1.807) is 0 Å². The average Bonchev–Trinajstić information content (AvgIpc) is 1.97. The molecule has 0 N–H and O–H groups in total. The van der Waals surface area contributed by atoms with Crippen molar-refractivity contribution in [2.45, 2.75) is 20.8 Å². The first-order chi connectivity index (χ1) is 6.13. The van der Waals surface area contributed by atoms with E-state index >= 15 is 0 Å². The molecule has 0 bridgehead atoms. The van der Waals surface area contributed by atoms with Gasteiger partial charge in [-0.25, -0.2) is 0 Å². The number of nitrogens with zero attached hydrogens (tertiary/aromatic N) is 1. The molecule has 0 saturated heterocycles. The second-order valence-corrected chi connectivity index (χ2v) is 7.55. The second-order valence-electron chi connectivity index (χ2n) is 3.53. The van der Waals surface area contributed by atoms with E-state index in [4.69, 9.17) is 0 Å². The van der Waals surface area contributed by atoms with E-state index in [1.165, 1.54) is 24.1 Å². The molecule has 0 heterocycles. The van der Waals surface area contributed by atoms with Gasteiger partial charge in [0.1, 0.15) is 0 Å². The Morgan fingerprint density at radius 2 is 0.867 bits per heavy atom. The van der Waals surface area contributed by atoms with Crippen LogP contribution < -0.4 is 0 Å². The molecule has 0 aliphatic rings. The number of rotatable bonds is 3. The third kappa shape index (κ3) is 24.9. The maximum atomic E-state index is 9.91. The molecule has 0 aromatic carbocycles. The van der Waals surface area contributed by atoms with Crippen molar-refractivity contribution in [2.24, 2.45) is 0 Å². The third-order valence-corrected chi connectivity index (χ3v) is 2.29. The van der Waals surface area contributed by atoms with Gasteiger partial charge in [0.05, 0.1) is 26.7 Å². The molecule has 0 unspecified atom stereocenters. The van der Waals surface area contributed by atoms with Gasteiger partial charge >= 0.3 is 35.0 Å². The van der Waals surface area contributed by atoms with Crippen LogP contribution in [0.3, 0.4) is 0 Å². The number of quaternary nitrogens is 1. The van der Waals surface area contributed by atoms with E-state index in [1.807, 2.05) is 0 Å². The van der Waals surface area contributed by atoms with Gasteiger partial charge in [-0.15, -0.1) is 0 Å². The maximum absolute atomic E-state index is 11.1. The van der Waals surface area contributed by atoms with Crippen LogP contribution in [0.15, 0.2) is 0 Å². The van der Waals surface area contributed by atoms with Crippen LogP contribution in [0, 0.1) is 0 Å². The van der Waals surface area contributed by atoms with Gasteiger partial charge in [-0.3, -0.25) is 0 Å². The molecule has 0 radical (unpaired) electrons. The average molecular weight is 305 g/mol. The van der Waals surface area contributed by atoms with E-state index in [-0.39, 0.29) is 0 Å². The molecule has 8 heteroatoms. The number of hydrogen-bond donors (Lipinski definition) is 0. The first-order valence-electron chi connectivity index (χ1n) is 4.53. The van der Waals surface area contributed by atoms with E-state index < -0.39 is 14.2 Å². The van der Waals surface area contributed by atoms with Gasteiger partial charge in [-0.2, -0.15) is 0 Å². The SMILES string of the molecule is CC[N+](C)(CC)CC.F[As-](F)(F)(F)(F)F. The molecule has 0 amide bonds. The van der Waals surface area contributed by atoms with Gasteiger partial charge < -0.3 is 4.48 Å². The van der Waals surface area contributed by atoms with Crippen LogP contribution >= 0.6 is 0 Å². The number of hydrogen-bond acceptors (Lipinski definition) is 0. The van der Waals surface area contributed by atoms with E-state index in [9.17, 15) is 20.8 Å².